The van der Waals surface area contributed by atoms with Gasteiger partial charge in [0.05, 0.1) is 11.1 Å². The van der Waals surface area contributed by atoms with Gasteiger partial charge in [0.25, 0.3) is 0 Å². The highest BCUT2D eigenvalue weighted by Gasteiger charge is 2.12. The molecule has 0 heterocycles. The minimum Gasteiger partial charge on any atom is -0.490 e. The third-order valence-corrected chi connectivity index (χ3v) is 4.56. The van der Waals surface area contributed by atoms with Crippen molar-refractivity contribution in [3.05, 3.63) is 109 Å². The van der Waals surface area contributed by atoms with E-state index in [9.17, 15) is 14.4 Å². The molecule has 0 fully saturated rings. The van der Waals surface area contributed by atoms with Crippen molar-refractivity contribution >= 4 is 17.9 Å². The van der Waals surface area contributed by atoms with Crippen molar-refractivity contribution in [3.63, 3.8) is 0 Å². The van der Waals surface area contributed by atoms with Crippen molar-refractivity contribution in [2.24, 2.45) is 0 Å². The molecule has 0 saturated heterocycles. The first-order valence-corrected chi connectivity index (χ1v) is 10.9. The van der Waals surface area contributed by atoms with Crippen molar-refractivity contribution in [1.82, 2.24) is 0 Å². The van der Waals surface area contributed by atoms with E-state index in [1.807, 2.05) is 0 Å². The number of carbonyl (C=O) groups is 3. The number of esters is 3. The molecule has 3 aromatic carbocycles. The standard InChI is InChI=1S/C28H24O8/c1-3-17-32-22-9-5-20(6-10-22)27(30)35-24-13-15-25(16-14-24)36-28(31)21-7-11-23(12-8-21)33-18-19-34-26(29)4-2/h3-16H,1-2,17-19H2. The Kier molecular flexibility index (Phi) is 9.41. The maximum atomic E-state index is 12.4. The van der Waals surface area contributed by atoms with E-state index in [1.165, 1.54) is 24.3 Å². The molecule has 0 bridgehead atoms. The van der Waals surface area contributed by atoms with Crippen LogP contribution in [0.2, 0.25) is 0 Å². The van der Waals surface area contributed by atoms with E-state index >= 15 is 0 Å². The smallest absolute Gasteiger partial charge is 0.343 e. The maximum absolute atomic E-state index is 12.4. The van der Waals surface area contributed by atoms with E-state index in [4.69, 9.17) is 23.7 Å². The molecule has 0 amide bonds. The van der Waals surface area contributed by atoms with E-state index < -0.39 is 17.9 Å². The molecule has 0 spiro atoms. The summed E-state index contributed by atoms with van der Waals surface area (Å²) in [5, 5.41) is 0. The van der Waals surface area contributed by atoms with Crippen LogP contribution >= 0.6 is 0 Å². The van der Waals surface area contributed by atoms with Crippen LogP contribution in [0.1, 0.15) is 20.7 Å². The average molecular weight is 488 g/mol. The Morgan fingerprint density at radius 1 is 0.611 bits per heavy atom. The summed E-state index contributed by atoms with van der Waals surface area (Å²) in [4.78, 5) is 35.7. The van der Waals surface area contributed by atoms with Gasteiger partial charge < -0.3 is 23.7 Å². The lowest BCUT2D eigenvalue weighted by Crippen LogP contribution is -2.11. The quantitative estimate of drug-likeness (QED) is 0.118. The molecule has 0 saturated carbocycles. The zero-order valence-corrected chi connectivity index (χ0v) is 19.4. The zero-order valence-electron chi connectivity index (χ0n) is 19.4. The third-order valence-electron chi connectivity index (χ3n) is 4.56. The molecule has 0 unspecified atom stereocenters. The first-order valence-electron chi connectivity index (χ1n) is 10.9. The van der Waals surface area contributed by atoms with Gasteiger partial charge in [0, 0.05) is 6.08 Å². The van der Waals surface area contributed by atoms with Gasteiger partial charge in [-0.05, 0) is 72.8 Å². The largest absolute Gasteiger partial charge is 0.490 e. The van der Waals surface area contributed by atoms with E-state index in [-0.39, 0.29) is 19.0 Å². The van der Waals surface area contributed by atoms with Gasteiger partial charge in [-0.2, -0.15) is 0 Å². The summed E-state index contributed by atoms with van der Waals surface area (Å²) in [6.07, 6.45) is 2.70. The van der Waals surface area contributed by atoms with Gasteiger partial charge in [-0.25, -0.2) is 14.4 Å². The van der Waals surface area contributed by atoms with E-state index in [0.29, 0.717) is 35.0 Å². The van der Waals surface area contributed by atoms with Crippen LogP contribution in [0.4, 0.5) is 0 Å². The summed E-state index contributed by atoms with van der Waals surface area (Å²) < 4.78 is 26.4. The van der Waals surface area contributed by atoms with Crippen LogP contribution in [-0.2, 0) is 9.53 Å². The number of benzene rings is 3. The second-order valence-corrected chi connectivity index (χ2v) is 7.12. The molecule has 0 atom stereocenters. The van der Waals surface area contributed by atoms with Crippen LogP contribution < -0.4 is 18.9 Å². The summed E-state index contributed by atoms with van der Waals surface area (Å²) in [5.41, 5.74) is 0.679. The second-order valence-electron chi connectivity index (χ2n) is 7.12. The molecule has 184 valence electrons. The molecule has 0 aromatic heterocycles. The molecule has 0 N–H and O–H groups in total. The van der Waals surface area contributed by atoms with E-state index in [2.05, 4.69) is 13.2 Å². The Labute approximate surface area is 208 Å². The highest BCUT2D eigenvalue weighted by molar-refractivity contribution is 5.92. The first kappa shape index (κ1) is 25.8. The molecule has 8 nitrogen and oxygen atoms in total. The average Bonchev–Trinajstić information content (AvgIpc) is 2.91. The summed E-state index contributed by atoms with van der Waals surface area (Å²) >= 11 is 0. The Bertz CT molecular complexity index is 1200. The molecule has 0 aliphatic carbocycles. The van der Waals surface area contributed by atoms with Crippen LogP contribution in [0.3, 0.4) is 0 Å². The summed E-state index contributed by atoms with van der Waals surface area (Å²) in [6, 6.07) is 19.0. The van der Waals surface area contributed by atoms with Crippen molar-refractivity contribution in [2.75, 3.05) is 19.8 Å². The van der Waals surface area contributed by atoms with Gasteiger partial charge >= 0.3 is 17.9 Å². The van der Waals surface area contributed by atoms with Crippen molar-refractivity contribution in [1.29, 1.82) is 0 Å². The number of carbonyl (C=O) groups excluding carboxylic acids is 3. The predicted octanol–water partition coefficient (Wildman–Crippen LogP) is 4.80. The maximum Gasteiger partial charge on any atom is 0.343 e. The van der Waals surface area contributed by atoms with Crippen molar-refractivity contribution in [3.8, 4) is 23.0 Å². The minimum absolute atomic E-state index is 0.0806. The molecular weight excluding hydrogens is 464 g/mol. The van der Waals surface area contributed by atoms with Gasteiger partial charge in [-0.1, -0.05) is 19.2 Å². The summed E-state index contributed by atoms with van der Waals surface area (Å²) in [5.74, 6) is 0.0851. The molecule has 3 aromatic rings. The summed E-state index contributed by atoms with van der Waals surface area (Å²) in [7, 11) is 0. The molecule has 0 aliphatic rings. The van der Waals surface area contributed by atoms with E-state index in [1.54, 1.807) is 54.6 Å². The number of hydrogen-bond acceptors (Lipinski definition) is 8. The molecule has 3 rings (SSSR count). The lowest BCUT2D eigenvalue weighted by molar-refractivity contribution is -0.138. The van der Waals surface area contributed by atoms with Crippen LogP contribution in [0, 0.1) is 0 Å². The minimum atomic E-state index is -0.565. The Morgan fingerprint density at radius 3 is 1.50 bits per heavy atom. The van der Waals surface area contributed by atoms with Crippen LogP contribution in [0.5, 0.6) is 23.0 Å². The Morgan fingerprint density at radius 2 is 1.06 bits per heavy atom. The summed E-state index contributed by atoms with van der Waals surface area (Å²) in [6.45, 7) is 7.50. The van der Waals surface area contributed by atoms with E-state index in [0.717, 1.165) is 6.08 Å². The van der Waals surface area contributed by atoms with Gasteiger partial charge in [-0.3, -0.25) is 0 Å². The molecule has 0 aliphatic heterocycles. The second kappa shape index (κ2) is 13.1. The molecule has 36 heavy (non-hydrogen) atoms. The van der Waals surface area contributed by atoms with Crippen LogP contribution in [-0.4, -0.2) is 37.7 Å². The topological polar surface area (TPSA) is 97.4 Å². The highest BCUT2D eigenvalue weighted by atomic mass is 16.6. The van der Waals surface area contributed by atoms with Gasteiger partial charge in [0.1, 0.15) is 42.8 Å². The van der Waals surface area contributed by atoms with Crippen LogP contribution in [0.25, 0.3) is 0 Å². The number of ether oxygens (including phenoxy) is 5. The lowest BCUT2D eigenvalue weighted by Gasteiger charge is -2.09. The lowest BCUT2D eigenvalue weighted by atomic mass is 10.2. The van der Waals surface area contributed by atoms with Crippen molar-refractivity contribution < 1.29 is 38.1 Å². The van der Waals surface area contributed by atoms with Gasteiger partial charge in [-0.15, -0.1) is 0 Å². The van der Waals surface area contributed by atoms with Crippen molar-refractivity contribution in [2.45, 2.75) is 0 Å². The normalized spacial score (nSPS) is 10.0. The molecule has 8 heteroatoms. The monoisotopic (exact) mass is 488 g/mol. The Balaban J connectivity index is 1.48. The fourth-order valence-corrected chi connectivity index (χ4v) is 2.80. The fraction of sp³-hybridized carbons (Fsp3) is 0.107. The van der Waals surface area contributed by atoms with Gasteiger partial charge in [0.15, 0.2) is 0 Å². The molecular formula is C28H24O8. The third kappa shape index (κ3) is 7.88. The van der Waals surface area contributed by atoms with Gasteiger partial charge in [0.2, 0.25) is 0 Å². The Hall–Kier alpha value is -4.85. The molecule has 0 radical (unpaired) electrons. The predicted molar refractivity (Wildman–Crippen MR) is 132 cm³/mol. The fourth-order valence-electron chi connectivity index (χ4n) is 2.80. The SMILES string of the molecule is C=CCOc1ccc(C(=O)Oc2ccc(OC(=O)c3ccc(OCCOC(=O)C=C)cc3)cc2)cc1. The highest BCUT2D eigenvalue weighted by Crippen LogP contribution is 2.21. The first-order chi connectivity index (χ1) is 17.5. The number of rotatable bonds is 12. The number of hydrogen-bond donors (Lipinski definition) is 0. The zero-order chi connectivity index (χ0) is 25.8. The van der Waals surface area contributed by atoms with Crippen LogP contribution in [0.15, 0.2) is 98.1 Å².